The third-order valence-electron chi connectivity index (χ3n) is 4.01. The molecule has 3 rings (SSSR count). The number of phenols is 1. The van der Waals surface area contributed by atoms with Crippen LogP contribution in [-0.4, -0.2) is 37.8 Å². The highest BCUT2D eigenvalue weighted by Crippen LogP contribution is 2.37. The van der Waals surface area contributed by atoms with Gasteiger partial charge >= 0.3 is 5.97 Å². The second kappa shape index (κ2) is 7.12. The number of carbonyl (C=O) groups excluding carboxylic acids is 1. The van der Waals surface area contributed by atoms with E-state index in [0.29, 0.717) is 17.7 Å². The van der Waals surface area contributed by atoms with Gasteiger partial charge in [0.05, 0.1) is 18.2 Å². The molecular formula is C18H17N3O4. The van der Waals surface area contributed by atoms with Crippen LogP contribution in [0.4, 0.5) is 0 Å². The fraction of sp³-hybridized carbons (Fsp3) is 0.222. The summed E-state index contributed by atoms with van der Waals surface area (Å²) in [5, 5.41) is 24.6. The summed E-state index contributed by atoms with van der Waals surface area (Å²) >= 11 is 0. The molecule has 128 valence electrons. The van der Waals surface area contributed by atoms with Crippen LogP contribution in [0.3, 0.4) is 0 Å². The van der Waals surface area contributed by atoms with Gasteiger partial charge in [-0.2, -0.15) is 5.10 Å². The number of amides is 1. The Kier molecular flexibility index (Phi) is 4.74. The molecule has 0 spiro atoms. The minimum atomic E-state index is -1.04. The Morgan fingerprint density at radius 1 is 1.16 bits per heavy atom. The van der Waals surface area contributed by atoms with Crippen LogP contribution >= 0.6 is 0 Å². The second-order valence-electron chi connectivity index (χ2n) is 5.70. The van der Waals surface area contributed by atoms with Crippen LogP contribution in [0.15, 0.2) is 53.9 Å². The van der Waals surface area contributed by atoms with Gasteiger partial charge in [0.25, 0.3) is 0 Å². The van der Waals surface area contributed by atoms with Crippen molar-refractivity contribution in [2.24, 2.45) is 5.10 Å². The van der Waals surface area contributed by atoms with E-state index >= 15 is 0 Å². The Labute approximate surface area is 144 Å². The smallest absolute Gasteiger partial charge is 0.303 e. The zero-order valence-corrected chi connectivity index (χ0v) is 13.4. The quantitative estimate of drug-likeness (QED) is 0.870. The molecular weight excluding hydrogens is 322 g/mol. The molecule has 1 unspecified atom stereocenters. The van der Waals surface area contributed by atoms with Crippen LogP contribution in [0, 0.1) is 0 Å². The molecule has 1 amide bonds. The summed E-state index contributed by atoms with van der Waals surface area (Å²) in [5.74, 6) is -1.36. The summed E-state index contributed by atoms with van der Waals surface area (Å²) < 4.78 is 0. The lowest BCUT2D eigenvalue weighted by Gasteiger charge is -2.22. The summed E-state index contributed by atoms with van der Waals surface area (Å²) in [6.07, 6.45) is 3.31. The normalized spacial score (nSPS) is 16.6. The van der Waals surface area contributed by atoms with Crippen molar-refractivity contribution in [1.29, 1.82) is 0 Å². The molecule has 2 aromatic rings. The van der Waals surface area contributed by atoms with Gasteiger partial charge in [0, 0.05) is 36.4 Å². The number of carboxylic acids is 1. The molecule has 1 aliphatic rings. The number of nitrogens with zero attached hydrogens (tertiary/aromatic N) is 3. The van der Waals surface area contributed by atoms with E-state index in [1.165, 1.54) is 5.01 Å². The van der Waals surface area contributed by atoms with E-state index in [-0.39, 0.29) is 18.6 Å². The van der Waals surface area contributed by atoms with Gasteiger partial charge in [-0.05, 0) is 12.1 Å². The first kappa shape index (κ1) is 16.6. The number of phenolic OH excluding ortho intramolecular Hbond substituents is 1. The highest BCUT2D eigenvalue weighted by atomic mass is 16.4. The first-order chi connectivity index (χ1) is 12.1. The van der Waals surface area contributed by atoms with Crippen molar-refractivity contribution in [1.82, 2.24) is 9.99 Å². The van der Waals surface area contributed by atoms with E-state index in [1.807, 2.05) is 6.07 Å². The third-order valence-corrected chi connectivity index (χ3v) is 4.01. The molecule has 1 atom stereocenters. The lowest BCUT2D eigenvalue weighted by atomic mass is 9.98. The Hall–Kier alpha value is -3.22. The van der Waals surface area contributed by atoms with Gasteiger partial charge < -0.3 is 10.2 Å². The highest BCUT2D eigenvalue weighted by molar-refractivity contribution is 6.03. The number of hydrogen-bond donors (Lipinski definition) is 2. The number of aromatic nitrogens is 1. The van der Waals surface area contributed by atoms with Crippen molar-refractivity contribution < 1.29 is 19.8 Å². The molecule has 0 bridgehead atoms. The Morgan fingerprint density at radius 3 is 2.64 bits per heavy atom. The van der Waals surface area contributed by atoms with Crippen LogP contribution in [0.2, 0.25) is 0 Å². The van der Waals surface area contributed by atoms with Crippen LogP contribution in [0.1, 0.15) is 36.4 Å². The van der Waals surface area contributed by atoms with Crippen molar-refractivity contribution in [3.8, 4) is 5.75 Å². The summed E-state index contributed by atoms with van der Waals surface area (Å²) in [4.78, 5) is 27.3. The number of hydrazone groups is 1. The molecule has 0 saturated heterocycles. The van der Waals surface area contributed by atoms with Crippen LogP contribution < -0.4 is 0 Å². The van der Waals surface area contributed by atoms with Crippen molar-refractivity contribution in [2.75, 3.05) is 0 Å². The summed E-state index contributed by atoms with van der Waals surface area (Å²) in [7, 11) is 0. The van der Waals surface area contributed by atoms with Crippen molar-refractivity contribution in [3.05, 3.63) is 59.9 Å². The fourth-order valence-electron chi connectivity index (χ4n) is 2.79. The minimum absolute atomic E-state index is 0.0752. The number of aliphatic carboxylic acids is 1. The van der Waals surface area contributed by atoms with Crippen LogP contribution in [-0.2, 0) is 9.59 Å². The first-order valence-electron chi connectivity index (χ1n) is 7.86. The van der Waals surface area contributed by atoms with Crippen molar-refractivity contribution in [2.45, 2.75) is 25.3 Å². The molecule has 2 heterocycles. The molecule has 0 aliphatic carbocycles. The number of aromatic hydroxyl groups is 1. The maximum Gasteiger partial charge on any atom is 0.303 e. The van der Waals surface area contributed by atoms with E-state index in [9.17, 15) is 14.7 Å². The molecule has 1 aromatic carbocycles. The zero-order chi connectivity index (χ0) is 17.8. The number of carbonyl (C=O) groups is 2. The fourth-order valence-corrected chi connectivity index (χ4v) is 2.79. The largest absolute Gasteiger partial charge is 0.508 e. The molecule has 0 fully saturated rings. The average Bonchev–Trinajstić information content (AvgIpc) is 3.06. The van der Waals surface area contributed by atoms with Gasteiger partial charge in [0.2, 0.25) is 5.91 Å². The predicted molar refractivity (Wildman–Crippen MR) is 90.0 cm³/mol. The maximum absolute atomic E-state index is 12.5. The van der Waals surface area contributed by atoms with Crippen LogP contribution in [0.5, 0.6) is 5.75 Å². The lowest BCUT2D eigenvalue weighted by molar-refractivity contribution is -0.141. The molecule has 0 radical (unpaired) electrons. The topological polar surface area (TPSA) is 103 Å². The highest BCUT2D eigenvalue weighted by Gasteiger charge is 2.34. The second-order valence-corrected chi connectivity index (χ2v) is 5.70. The molecule has 1 aromatic heterocycles. The van der Waals surface area contributed by atoms with Gasteiger partial charge in [-0.3, -0.25) is 14.6 Å². The SMILES string of the molecule is O=C(O)CCC(=O)N1N=C(c2cccnc2)CC1c1ccccc1O. The van der Waals surface area contributed by atoms with Gasteiger partial charge in [0.15, 0.2) is 0 Å². The van der Waals surface area contributed by atoms with Crippen molar-refractivity contribution in [3.63, 3.8) is 0 Å². The number of pyridine rings is 1. The molecule has 25 heavy (non-hydrogen) atoms. The van der Waals surface area contributed by atoms with Gasteiger partial charge in [-0.15, -0.1) is 0 Å². The monoisotopic (exact) mass is 339 g/mol. The zero-order valence-electron chi connectivity index (χ0n) is 13.4. The number of hydrogen-bond acceptors (Lipinski definition) is 5. The molecule has 7 nitrogen and oxygen atoms in total. The van der Waals surface area contributed by atoms with Gasteiger partial charge in [-0.25, -0.2) is 5.01 Å². The number of para-hydroxylation sites is 1. The van der Waals surface area contributed by atoms with Crippen LogP contribution in [0.25, 0.3) is 0 Å². The first-order valence-corrected chi connectivity index (χ1v) is 7.86. The Balaban J connectivity index is 1.92. The predicted octanol–water partition coefficient (Wildman–Crippen LogP) is 2.33. The average molecular weight is 339 g/mol. The molecule has 1 aliphatic heterocycles. The minimum Gasteiger partial charge on any atom is -0.508 e. The molecule has 0 saturated carbocycles. The number of rotatable bonds is 5. The van der Waals surface area contributed by atoms with E-state index < -0.39 is 17.9 Å². The number of carboxylic acid groups (broad SMARTS) is 1. The van der Waals surface area contributed by atoms with E-state index in [1.54, 1.807) is 42.7 Å². The standard InChI is InChI=1S/C18H17N3O4/c22-16-6-2-1-5-13(16)15-10-14(12-4-3-9-19-11-12)20-21(15)17(23)7-8-18(24)25/h1-6,9,11,15,22H,7-8,10H2,(H,24,25). The molecule has 7 heteroatoms. The van der Waals surface area contributed by atoms with Gasteiger partial charge in [0.1, 0.15) is 5.75 Å². The summed E-state index contributed by atoms with van der Waals surface area (Å²) in [6.45, 7) is 0. The summed E-state index contributed by atoms with van der Waals surface area (Å²) in [6, 6.07) is 9.92. The molecule has 2 N–H and O–H groups in total. The Bertz CT molecular complexity index is 820. The van der Waals surface area contributed by atoms with Crippen molar-refractivity contribution >= 4 is 17.6 Å². The van der Waals surface area contributed by atoms with E-state index in [0.717, 1.165) is 5.56 Å². The van der Waals surface area contributed by atoms with E-state index in [2.05, 4.69) is 10.1 Å². The third kappa shape index (κ3) is 3.65. The summed E-state index contributed by atoms with van der Waals surface area (Å²) in [5.41, 5.74) is 2.04. The Morgan fingerprint density at radius 2 is 1.96 bits per heavy atom. The van der Waals surface area contributed by atoms with Gasteiger partial charge in [-0.1, -0.05) is 24.3 Å². The lowest BCUT2D eigenvalue weighted by Crippen LogP contribution is -2.27. The number of benzene rings is 1. The van der Waals surface area contributed by atoms with E-state index in [4.69, 9.17) is 5.11 Å². The maximum atomic E-state index is 12.5.